The zero-order valence-corrected chi connectivity index (χ0v) is 19.3. The van der Waals surface area contributed by atoms with Gasteiger partial charge in [0.05, 0.1) is 30.9 Å². The van der Waals surface area contributed by atoms with Gasteiger partial charge in [0.15, 0.2) is 0 Å². The third-order valence-corrected chi connectivity index (χ3v) is 6.59. The number of anilines is 1. The largest absolute Gasteiger partial charge is 0.497 e. The lowest BCUT2D eigenvalue weighted by Crippen LogP contribution is -2.37. The Labute approximate surface area is 195 Å². The molecule has 2 N–H and O–H groups in total. The van der Waals surface area contributed by atoms with Crippen molar-refractivity contribution in [3.63, 3.8) is 0 Å². The monoisotopic (exact) mass is 462 g/mol. The molecular weight excluding hydrogens is 436 g/mol. The van der Waals surface area contributed by atoms with Gasteiger partial charge in [-0.1, -0.05) is 6.07 Å². The van der Waals surface area contributed by atoms with Crippen LogP contribution in [-0.2, 0) is 0 Å². The molecule has 9 heteroatoms. The smallest absolute Gasteiger partial charge is 0.339 e. The number of pyridine rings is 1. The fourth-order valence-corrected chi connectivity index (χ4v) is 4.96. The van der Waals surface area contributed by atoms with Crippen molar-refractivity contribution >= 4 is 33.6 Å². The van der Waals surface area contributed by atoms with Crippen molar-refractivity contribution in [2.45, 2.75) is 25.8 Å². The molecule has 0 unspecified atom stereocenters. The van der Waals surface area contributed by atoms with Gasteiger partial charge in [-0.3, -0.25) is 9.55 Å². The van der Waals surface area contributed by atoms with Gasteiger partial charge in [0, 0.05) is 36.8 Å². The van der Waals surface area contributed by atoms with Crippen molar-refractivity contribution in [3.8, 4) is 11.5 Å². The van der Waals surface area contributed by atoms with Gasteiger partial charge in [-0.15, -0.1) is 0 Å². The number of aromatic amines is 1. The van der Waals surface area contributed by atoms with E-state index < -0.39 is 5.97 Å². The molecule has 1 aliphatic heterocycles. The Kier molecular flexibility index (Phi) is 5.39. The lowest BCUT2D eigenvalue weighted by Gasteiger charge is -2.35. The first-order chi connectivity index (χ1) is 16.4. The van der Waals surface area contributed by atoms with Crippen LogP contribution in [0.25, 0.3) is 21.9 Å². The predicted molar refractivity (Wildman–Crippen MR) is 130 cm³/mol. The number of nitrogens with zero attached hydrogens (tertiary/aromatic N) is 3. The van der Waals surface area contributed by atoms with Crippen LogP contribution in [0.2, 0.25) is 0 Å². The van der Waals surface area contributed by atoms with Crippen molar-refractivity contribution < 1.29 is 19.4 Å². The van der Waals surface area contributed by atoms with E-state index in [1.165, 1.54) is 6.20 Å². The van der Waals surface area contributed by atoms with E-state index in [2.05, 4.69) is 14.9 Å². The highest BCUT2D eigenvalue weighted by atomic mass is 16.5. The molecule has 1 aliphatic rings. The summed E-state index contributed by atoms with van der Waals surface area (Å²) in [4.78, 5) is 34.2. The number of rotatable bonds is 5. The number of fused-ring (bicyclic) bond motifs is 2. The number of carbonyl (C=O) groups is 1. The van der Waals surface area contributed by atoms with Crippen LogP contribution in [0, 0.1) is 6.92 Å². The number of hydrogen-bond acceptors (Lipinski definition) is 6. The number of aryl methyl sites for hydroxylation is 1. The number of aromatic carboxylic acids is 1. The molecule has 3 heterocycles. The average molecular weight is 463 g/mol. The first-order valence-corrected chi connectivity index (χ1v) is 11.1. The Bertz CT molecular complexity index is 1460. The summed E-state index contributed by atoms with van der Waals surface area (Å²) in [5.41, 5.74) is 4.00. The number of H-pyrrole nitrogens is 1. The topological polar surface area (TPSA) is 110 Å². The maximum absolute atomic E-state index is 12.7. The van der Waals surface area contributed by atoms with Gasteiger partial charge < -0.3 is 24.5 Å². The van der Waals surface area contributed by atoms with Crippen LogP contribution in [-0.4, -0.2) is 52.9 Å². The summed E-state index contributed by atoms with van der Waals surface area (Å²) in [6, 6.07) is 9.51. The molecule has 1 saturated heterocycles. The number of methoxy groups -OCH3 is 2. The average Bonchev–Trinajstić information content (AvgIpc) is 3.17. The summed E-state index contributed by atoms with van der Waals surface area (Å²) in [6.07, 6.45) is 2.78. The molecule has 1 fully saturated rings. The third kappa shape index (κ3) is 3.53. The van der Waals surface area contributed by atoms with Gasteiger partial charge in [0.2, 0.25) is 0 Å². The van der Waals surface area contributed by atoms with E-state index in [1.54, 1.807) is 26.4 Å². The molecular formula is C25H26N4O5. The van der Waals surface area contributed by atoms with Crippen LogP contribution in [0.5, 0.6) is 11.5 Å². The minimum Gasteiger partial charge on any atom is -0.497 e. The molecule has 2 aromatic carbocycles. The summed E-state index contributed by atoms with van der Waals surface area (Å²) < 4.78 is 12.7. The van der Waals surface area contributed by atoms with Gasteiger partial charge >= 0.3 is 11.7 Å². The van der Waals surface area contributed by atoms with Crippen LogP contribution in [0.15, 0.2) is 41.3 Å². The molecule has 0 radical (unpaired) electrons. The van der Waals surface area contributed by atoms with E-state index in [4.69, 9.17) is 9.47 Å². The zero-order valence-electron chi connectivity index (χ0n) is 19.3. The van der Waals surface area contributed by atoms with Crippen LogP contribution >= 0.6 is 0 Å². The van der Waals surface area contributed by atoms with Crippen LogP contribution < -0.4 is 20.1 Å². The minimum atomic E-state index is -1.04. The summed E-state index contributed by atoms with van der Waals surface area (Å²) >= 11 is 0. The second-order valence-electron chi connectivity index (χ2n) is 8.59. The third-order valence-electron chi connectivity index (χ3n) is 6.59. The number of benzene rings is 2. The van der Waals surface area contributed by atoms with E-state index >= 15 is 0 Å². The van der Waals surface area contributed by atoms with E-state index in [0.717, 1.165) is 16.6 Å². The second-order valence-corrected chi connectivity index (χ2v) is 8.59. The van der Waals surface area contributed by atoms with Crippen LogP contribution in [0.3, 0.4) is 0 Å². The van der Waals surface area contributed by atoms with Crippen molar-refractivity contribution in [3.05, 3.63) is 58.1 Å². The Hall–Kier alpha value is -4.01. The number of ether oxygens (including phenoxy) is 2. The van der Waals surface area contributed by atoms with Gasteiger partial charge in [0.1, 0.15) is 22.6 Å². The first-order valence-electron chi connectivity index (χ1n) is 11.1. The second kappa shape index (κ2) is 8.40. The van der Waals surface area contributed by atoms with E-state index in [-0.39, 0.29) is 17.3 Å². The summed E-state index contributed by atoms with van der Waals surface area (Å²) in [5.74, 6) is 0.0325. The molecule has 0 atom stereocenters. The van der Waals surface area contributed by atoms with Crippen LogP contribution in [0.1, 0.15) is 34.8 Å². The Morgan fingerprint density at radius 2 is 1.91 bits per heavy atom. The maximum atomic E-state index is 12.7. The number of carboxylic acids is 1. The molecule has 34 heavy (non-hydrogen) atoms. The van der Waals surface area contributed by atoms with Gasteiger partial charge in [-0.05, 0) is 43.5 Å². The predicted octanol–water partition coefficient (Wildman–Crippen LogP) is 3.74. The van der Waals surface area contributed by atoms with Crippen molar-refractivity contribution in [2.75, 3.05) is 32.2 Å². The number of piperidine rings is 1. The Morgan fingerprint density at radius 1 is 1.15 bits per heavy atom. The molecule has 0 aliphatic carbocycles. The summed E-state index contributed by atoms with van der Waals surface area (Å²) in [5, 5.41) is 10.6. The van der Waals surface area contributed by atoms with Gasteiger partial charge in [-0.2, -0.15) is 0 Å². The Balaban J connectivity index is 1.54. The highest BCUT2D eigenvalue weighted by Crippen LogP contribution is 2.39. The molecule has 0 bridgehead atoms. The maximum Gasteiger partial charge on any atom is 0.339 e. The zero-order chi connectivity index (χ0) is 24.0. The number of nitrogens with one attached hydrogen (secondary N) is 1. The van der Waals surface area contributed by atoms with E-state index in [1.807, 2.05) is 29.7 Å². The molecule has 0 saturated carbocycles. The van der Waals surface area contributed by atoms with Crippen molar-refractivity contribution in [1.29, 1.82) is 0 Å². The van der Waals surface area contributed by atoms with Gasteiger partial charge in [0.25, 0.3) is 0 Å². The quantitative estimate of drug-likeness (QED) is 0.465. The van der Waals surface area contributed by atoms with Crippen molar-refractivity contribution in [1.82, 2.24) is 14.5 Å². The molecule has 5 rings (SSSR count). The number of carboxylic acid groups (broad SMARTS) is 1. The fraction of sp³-hybridized carbons (Fsp3) is 0.320. The van der Waals surface area contributed by atoms with Gasteiger partial charge in [-0.25, -0.2) is 9.59 Å². The highest BCUT2D eigenvalue weighted by molar-refractivity contribution is 6.06. The number of hydrogen-bond donors (Lipinski definition) is 2. The standard InChI is InChI=1S/C25H26N4O5/c1-14-4-5-20-19(10-14)27-25(32)29(20)15-6-8-28(9-7-15)23-17-11-16(33-2)12-21(34-3)22(17)26-13-18(23)24(30)31/h4-5,10-13,15H,6-9H2,1-3H3,(H,27,32)(H,30,31). The molecule has 2 aromatic heterocycles. The lowest BCUT2D eigenvalue weighted by molar-refractivity contribution is 0.0697. The number of aromatic nitrogens is 3. The van der Waals surface area contributed by atoms with Crippen LogP contribution in [0.4, 0.5) is 5.69 Å². The van der Waals surface area contributed by atoms with Crippen molar-refractivity contribution in [2.24, 2.45) is 0 Å². The SMILES string of the molecule is COc1cc(OC)c2ncc(C(=O)O)c(N3CCC(n4c(=O)[nH]c5cc(C)ccc54)CC3)c2c1. The minimum absolute atomic E-state index is 0.0191. The Morgan fingerprint density at radius 3 is 2.59 bits per heavy atom. The lowest BCUT2D eigenvalue weighted by atomic mass is 10.0. The normalized spacial score (nSPS) is 14.6. The number of imidazole rings is 1. The fourth-order valence-electron chi connectivity index (χ4n) is 4.96. The first kappa shape index (κ1) is 21.8. The molecule has 0 amide bonds. The van der Waals surface area contributed by atoms with E-state index in [9.17, 15) is 14.7 Å². The molecule has 4 aromatic rings. The molecule has 0 spiro atoms. The summed E-state index contributed by atoms with van der Waals surface area (Å²) in [6.45, 7) is 3.18. The molecule has 176 valence electrons. The highest BCUT2D eigenvalue weighted by Gasteiger charge is 2.28. The van der Waals surface area contributed by atoms with E-state index in [0.29, 0.717) is 54.0 Å². The summed E-state index contributed by atoms with van der Waals surface area (Å²) in [7, 11) is 3.10. The molecule has 9 nitrogen and oxygen atoms in total.